The van der Waals surface area contributed by atoms with E-state index in [1.807, 2.05) is 0 Å². The Morgan fingerprint density at radius 1 is 1.38 bits per heavy atom. The molecule has 0 radical (unpaired) electrons. The Labute approximate surface area is 73.8 Å². The molecular formula is C8H7FN4. The van der Waals surface area contributed by atoms with Crippen molar-refractivity contribution >= 4 is 5.69 Å². The molecule has 5 heteroatoms. The van der Waals surface area contributed by atoms with E-state index in [4.69, 9.17) is 5.73 Å². The number of nitrogens with zero attached hydrogens (tertiary/aromatic N) is 3. The lowest BCUT2D eigenvalue weighted by atomic mass is 10.3. The molecule has 2 rings (SSSR count). The molecule has 1 heterocycles. The van der Waals surface area contributed by atoms with E-state index in [-0.39, 0.29) is 0 Å². The lowest BCUT2D eigenvalue weighted by Crippen LogP contribution is -1.98. The fourth-order valence-corrected chi connectivity index (χ4v) is 1.04. The molecule has 0 unspecified atom stereocenters. The molecule has 13 heavy (non-hydrogen) atoms. The second-order valence-electron chi connectivity index (χ2n) is 2.55. The molecule has 0 saturated carbocycles. The summed E-state index contributed by atoms with van der Waals surface area (Å²) in [5, 5.41) is 3.80. The predicted octanol–water partition coefficient (Wildman–Crippen LogP) is 0.989. The van der Waals surface area contributed by atoms with Gasteiger partial charge in [0, 0.05) is 5.69 Å². The normalized spacial score (nSPS) is 10.2. The van der Waals surface area contributed by atoms with Gasteiger partial charge in [0.25, 0.3) is 0 Å². The first-order chi connectivity index (χ1) is 6.27. The number of anilines is 1. The van der Waals surface area contributed by atoms with Crippen molar-refractivity contribution in [2.75, 3.05) is 5.73 Å². The first-order valence-electron chi connectivity index (χ1n) is 3.67. The third-order valence-corrected chi connectivity index (χ3v) is 1.64. The van der Waals surface area contributed by atoms with Crippen molar-refractivity contribution < 1.29 is 4.39 Å². The van der Waals surface area contributed by atoms with E-state index >= 15 is 0 Å². The molecule has 0 aliphatic heterocycles. The second-order valence-corrected chi connectivity index (χ2v) is 2.55. The summed E-state index contributed by atoms with van der Waals surface area (Å²) in [6.45, 7) is 0. The number of nitrogens with two attached hydrogens (primary N) is 1. The first kappa shape index (κ1) is 7.72. The van der Waals surface area contributed by atoms with Crippen LogP contribution in [-0.2, 0) is 0 Å². The fourth-order valence-electron chi connectivity index (χ4n) is 1.04. The zero-order valence-corrected chi connectivity index (χ0v) is 6.68. The number of nitrogen functional groups attached to an aromatic ring is 1. The summed E-state index contributed by atoms with van der Waals surface area (Å²) < 4.78 is 14.6. The second kappa shape index (κ2) is 2.85. The van der Waals surface area contributed by atoms with Crippen molar-refractivity contribution in [3.63, 3.8) is 0 Å². The molecule has 0 spiro atoms. The predicted molar refractivity (Wildman–Crippen MR) is 45.7 cm³/mol. The minimum Gasteiger partial charge on any atom is -0.399 e. The average Bonchev–Trinajstić information content (AvgIpc) is 2.56. The average molecular weight is 178 g/mol. The molecule has 2 aromatic rings. The van der Waals surface area contributed by atoms with Gasteiger partial charge in [0.15, 0.2) is 5.82 Å². The van der Waals surface area contributed by atoms with E-state index in [0.717, 1.165) is 0 Å². The van der Waals surface area contributed by atoms with Crippen LogP contribution in [0.15, 0.2) is 30.9 Å². The number of aromatic nitrogens is 3. The van der Waals surface area contributed by atoms with Gasteiger partial charge in [-0.15, -0.1) is 0 Å². The highest BCUT2D eigenvalue weighted by atomic mass is 19.1. The summed E-state index contributed by atoms with van der Waals surface area (Å²) in [7, 11) is 0. The van der Waals surface area contributed by atoms with Crippen LogP contribution >= 0.6 is 0 Å². The summed E-state index contributed by atoms with van der Waals surface area (Å²) in [6.07, 6.45) is 2.77. The molecular weight excluding hydrogens is 171 g/mol. The van der Waals surface area contributed by atoms with Gasteiger partial charge < -0.3 is 5.73 Å². The smallest absolute Gasteiger partial charge is 0.150 e. The maximum Gasteiger partial charge on any atom is 0.150 e. The molecule has 0 atom stereocenters. The van der Waals surface area contributed by atoms with Crippen molar-refractivity contribution in [1.29, 1.82) is 0 Å². The Hall–Kier alpha value is -1.91. The lowest BCUT2D eigenvalue weighted by molar-refractivity contribution is 0.611. The van der Waals surface area contributed by atoms with Crippen LogP contribution in [0.1, 0.15) is 0 Å². The van der Waals surface area contributed by atoms with Gasteiger partial charge in [-0.2, -0.15) is 5.10 Å². The summed E-state index contributed by atoms with van der Waals surface area (Å²) in [6, 6.07) is 4.41. The molecule has 0 saturated heterocycles. The van der Waals surface area contributed by atoms with E-state index in [2.05, 4.69) is 10.1 Å². The highest BCUT2D eigenvalue weighted by Gasteiger charge is 2.04. The minimum atomic E-state index is -0.412. The van der Waals surface area contributed by atoms with Crippen molar-refractivity contribution in [3.8, 4) is 5.69 Å². The molecule has 0 fully saturated rings. The molecule has 1 aromatic heterocycles. The monoisotopic (exact) mass is 178 g/mol. The van der Waals surface area contributed by atoms with Crippen molar-refractivity contribution in [1.82, 2.24) is 14.8 Å². The third kappa shape index (κ3) is 1.35. The summed E-state index contributed by atoms with van der Waals surface area (Å²) in [4.78, 5) is 3.72. The van der Waals surface area contributed by atoms with Crippen molar-refractivity contribution in [3.05, 3.63) is 36.7 Å². The lowest BCUT2D eigenvalue weighted by Gasteiger charge is -2.02. The molecule has 66 valence electrons. The van der Waals surface area contributed by atoms with Crippen LogP contribution in [0.5, 0.6) is 0 Å². The molecule has 0 amide bonds. The third-order valence-electron chi connectivity index (χ3n) is 1.64. The molecule has 4 nitrogen and oxygen atoms in total. The summed E-state index contributed by atoms with van der Waals surface area (Å²) in [5.74, 6) is -0.412. The number of hydrogen-bond acceptors (Lipinski definition) is 3. The number of hydrogen-bond donors (Lipinski definition) is 1. The number of halogens is 1. The quantitative estimate of drug-likeness (QED) is 0.662. The van der Waals surface area contributed by atoms with Gasteiger partial charge in [0.2, 0.25) is 0 Å². The zero-order valence-electron chi connectivity index (χ0n) is 6.68. The van der Waals surface area contributed by atoms with E-state index < -0.39 is 5.82 Å². The summed E-state index contributed by atoms with van der Waals surface area (Å²) >= 11 is 0. The highest BCUT2D eigenvalue weighted by Crippen LogP contribution is 2.14. The number of rotatable bonds is 1. The van der Waals surface area contributed by atoms with Gasteiger partial charge >= 0.3 is 0 Å². The van der Waals surface area contributed by atoms with Crippen molar-refractivity contribution in [2.45, 2.75) is 0 Å². The van der Waals surface area contributed by atoms with Gasteiger partial charge in [0.1, 0.15) is 18.3 Å². The Morgan fingerprint density at radius 3 is 2.85 bits per heavy atom. The van der Waals surface area contributed by atoms with Crippen LogP contribution in [0.3, 0.4) is 0 Å². The number of benzene rings is 1. The molecule has 1 aromatic carbocycles. The molecule has 0 aliphatic rings. The fraction of sp³-hybridized carbons (Fsp3) is 0. The topological polar surface area (TPSA) is 56.7 Å². The Bertz CT molecular complexity index is 410. The van der Waals surface area contributed by atoms with E-state index in [1.165, 1.54) is 23.4 Å². The maximum atomic E-state index is 13.2. The molecule has 0 bridgehead atoms. The Balaban J connectivity index is 2.53. The largest absolute Gasteiger partial charge is 0.399 e. The van der Waals surface area contributed by atoms with Crippen LogP contribution < -0.4 is 5.73 Å². The standard InChI is InChI=1S/C8H7FN4/c9-7-3-6(10)1-2-8(7)13-5-11-4-12-13/h1-5H,10H2. The highest BCUT2D eigenvalue weighted by molar-refractivity contribution is 5.45. The van der Waals surface area contributed by atoms with Gasteiger partial charge in [-0.1, -0.05) is 0 Å². The van der Waals surface area contributed by atoms with Gasteiger partial charge in [-0.05, 0) is 18.2 Å². The van der Waals surface area contributed by atoms with Crippen LogP contribution in [0.2, 0.25) is 0 Å². The SMILES string of the molecule is Nc1ccc(-n2cncn2)c(F)c1. The van der Waals surface area contributed by atoms with E-state index in [9.17, 15) is 4.39 Å². The van der Waals surface area contributed by atoms with E-state index in [1.54, 1.807) is 12.1 Å². The minimum absolute atomic E-state index is 0.340. The van der Waals surface area contributed by atoms with Crippen molar-refractivity contribution in [2.24, 2.45) is 0 Å². The van der Waals surface area contributed by atoms with E-state index in [0.29, 0.717) is 11.4 Å². The Kier molecular flexibility index (Phi) is 1.70. The Morgan fingerprint density at radius 2 is 2.23 bits per heavy atom. The molecule has 2 N–H and O–H groups in total. The van der Waals surface area contributed by atoms with Gasteiger partial charge in [0.05, 0.1) is 0 Å². The van der Waals surface area contributed by atoms with Crippen LogP contribution in [-0.4, -0.2) is 14.8 Å². The molecule has 0 aliphatic carbocycles. The zero-order chi connectivity index (χ0) is 9.26. The summed E-state index contributed by atoms with van der Waals surface area (Å²) in [5.41, 5.74) is 6.13. The van der Waals surface area contributed by atoms with Gasteiger partial charge in [-0.3, -0.25) is 0 Å². The van der Waals surface area contributed by atoms with Crippen LogP contribution in [0.25, 0.3) is 5.69 Å². The van der Waals surface area contributed by atoms with Gasteiger partial charge in [-0.25, -0.2) is 14.1 Å². The van der Waals surface area contributed by atoms with Crippen LogP contribution in [0, 0.1) is 5.82 Å². The van der Waals surface area contributed by atoms with Crippen LogP contribution in [0.4, 0.5) is 10.1 Å². The first-order valence-corrected chi connectivity index (χ1v) is 3.67. The maximum absolute atomic E-state index is 13.2.